The van der Waals surface area contributed by atoms with E-state index >= 15 is 0 Å². The predicted molar refractivity (Wildman–Crippen MR) is 112 cm³/mol. The summed E-state index contributed by atoms with van der Waals surface area (Å²) in [6, 6.07) is 9.90. The molecule has 0 bridgehead atoms. The molecule has 0 saturated carbocycles. The van der Waals surface area contributed by atoms with Crippen LogP contribution in [0.5, 0.6) is 5.75 Å². The van der Waals surface area contributed by atoms with Crippen LogP contribution >= 0.6 is 23.2 Å². The molecule has 0 spiro atoms. The van der Waals surface area contributed by atoms with E-state index in [2.05, 4.69) is 16.8 Å². The van der Waals surface area contributed by atoms with Gasteiger partial charge in [-0.3, -0.25) is 4.90 Å². The molecule has 29 heavy (non-hydrogen) atoms. The quantitative estimate of drug-likeness (QED) is 0.703. The third-order valence-corrected chi connectivity index (χ3v) is 6.36. The van der Waals surface area contributed by atoms with Crippen molar-refractivity contribution in [2.45, 2.75) is 25.0 Å². The van der Waals surface area contributed by atoms with Crippen LogP contribution < -0.4 is 4.74 Å². The standard InChI is InChI=1S/C22H22Cl2FN3O/c1-27-5-2-6-28(8-7-27)20-12-16-17(10-15(23)11-18(16)24)22(20)29-21-4-3-14(13-26)9-19(21)25/h3-4,9-11,20,22H,2,5-8,12H2,1H3/t20-,22-/m0/s1. The van der Waals surface area contributed by atoms with Gasteiger partial charge in [0, 0.05) is 28.7 Å². The minimum absolute atomic E-state index is 0.0440. The molecule has 2 aromatic carbocycles. The first-order valence-corrected chi connectivity index (χ1v) is 10.5. The van der Waals surface area contributed by atoms with E-state index in [0.29, 0.717) is 10.0 Å². The second kappa shape index (κ2) is 8.49. The number of rotatable bonds is 3. The molecule has 0 amide bonds. The van der Waals surface area contributed by atoms with E-state index in [1.807, 2.05) is 12.1 Å². The number of fused-ring (bicyclic) bond motifs is 1. The molecule has 2 atom stereocenters. The van der Waals surface area contributed by atoms with E-state index in [1.54, 1.807) is 12.1 Å². The molecule has 2 aromatic rings. The van der Waals surface area contributed by atoms with Gasteiger partial charge < -0.3 is 9.64 Å². The molecule has 2 aliphatic rings. The summed E-state index contributed by atoms with van der Waals surface area (Å²) in [5, 5.41) is 10.2. The zero-order chi connectivity index (χ0) is 20.5. The Morgan fingerprint density at radius 1 is 1.14 bits per heavy atom. The lowest BCUT2D eigenvalue weighted by atomic mass is 10.1. The van der Waals surface area contributed by atoms with E-state index in [0.717, 1.165) is 50.1 Å². The molecule has 1 aliphatic heterocycles. The molecule has 0 radical (unpaired) electrons. The van der Waals surface area contributed by atoms with Crippen molar-refractivity contribution in [1.82, 2.24) is 9.80 Å². The number of benzene rings is 2. The molecule has 0 unspecified atom stereocenters. The van der Waals surface area contributed by atoms with Crippen LogP contribution in [0, 0.1) is 17.1 Å². The summed E-state index contributed by atoms with van der Waals surface area (Å²) in [4.78, 5) is 4.74. The largest absolute Gasteiger partial charge is 0.481 e. The Hall–Kier alpha value is -1.84. The van der Waals surface area contributed by atoms with Crippen LogP contribution in [-0.2, 0) is 6.42 Å². The molecule has 7 heteroatoms. The molecular weight excluding hydrogens is 412 g/mol. The Morgan fingerprint density at radius 3 is 2.72 bits per heavy atom. The summed E-state index contributed by atoms with van der Waals surface area (Å²) in [6.45, 7) is 3.89. The molecule has 0 aromatic heterocycles. The van der Waals surface area contributed by atoms with Gasteiger partial charge in [0.05, 0.1) is 17.7 Å². The Bertz CT molecular complexity index is 962. The number of halogens is 3. The van der Waals surface area contributed by atoms with E-state index in [-0.39, 0.29) is 23.5 Å². The van der Waals surface area contributed by atoms with Gasteiger partial charge in [-0.1, -0.05) is 23.2 Å². The number of nitriles is 1. The molecule has 0 N–H and O–H groups in total. The molecule has 1 fully saturated rings. The summed E-state index contributed by atoms with van der Waals surface area (Å²) in [5.74, 6) is -0.408. The van der Waals surface area contributed by atoms with Gasteiger partial charge in [-0.15, -0.1) is 0 Å². The summed E-state index contributed by atoms with van der Waals surface area (Å²) in [5.41, 5.74) is 2.19. The third-order valence-electron chi connectivity index (χ3n) is 5.80. The number of likely N-dealkylation sites (N-methyl/N-ethyl adjacent to an activating group) is 1. The highest BCUT2D eigenvalue weighted by molar-refractivity contribution is 6.35. The number of nitrogens with zero attached hydrogens (tertiary/aromatic N) is 3. The fourth-order valence-electron chi connectivity index (χ4n) is 4.28. The highest BCUT2D eigenvalue weighted by atomic mass is 35.5. The summed E-state index contributed by atoms with van der Waals surface area (Å²) in [7, 11) is 2.13. The maximum atomic E-state index is 14.6. The zero-order valence-corrected chi connectivity index (χ0v) is 17.7. The van der Waals surface area contributed by atoms with Gasteiger partial charge in [-0.05, 0) is 68.9 Å². The van der Waals surface area contributed by atoms with Crippen LogP contribution in [-0.4, -0.2) is 49.1 Å². The Balaban J connectivity index is 1.69. The highest BCUT2D eigenvalue weighted by Gasteiger charge is 2.40. The zero-order valence-electron chi connectivity index (χ0n) is 16.2. The van der Waals surface area contributed by atoms with Crippen LogP contribution in [0.15, 0.2) is 30.3 Å². The fraction of sp³-hybridized carbons (Fsp3) is 0.409. The number of hydrogen-bond donors (Lipinski definition) is 0. The van der Waals surface area contributed by atoms with Crippen molar-refractivity contribution in [2.24, 2.45) is 0 Å². The van der Waals surface area contributed by atoms with E-state index < -0.39 is 5.82 Å². The van der Waals surface area contributed by atoms with Crippen LogP contribution in [0.1, 0.15) is 29.2 Å². The van der Waals surface area contributed by atoms with E-state index in [4.69, 9.17) is 33.2 Å². The van der Waals surface area contributed by atoms with Crippen molar-refractivity contribution in [2.75, 3.05) is 33.2 Å². The van der Waals surface area contributed by atoms with Gasteiger partial charge >= 0.3 is 0 Å². The monoisotopic (exact) mass is 433 g/mol. The Kier molecular flexibility index (Phi) is 5.98. The summed E-state index contributed by atoms with van der Waals surface area (Å²) in [6.07, 6.45) is 1.42. The first-order valence-electron chi connectivity index (χ1n) is 9.73. The van der Waals surface area contributed by atoms with Gasteiger partial charge in [0.25, 0.3) is 0 Å². The smallest absolute Gasteiger partial charge is 0.166 e. The molecule has 1 saturated heterocycles. The Labute approximate surface area is 180 Å². The lowest BCUT2D eigenvalue weighted by molar-refractivity contribution is 0.0775. The van der Waals surface area contributed by atoms with Crippen LogP contribution in [0.25, 0.3) is 0 Å². The van der Waals surface area contributed by atoms with Gasteiger partial charge in [0.1, 0.15) is 6.10 Å². The molecule has 4 nitrogen and oxygen atoms in total. The first-order chi connectivity index (χ1) is 14.0. The van der Waals surface area contributed by atoms with E-state index in [9.17, 15) is 4.39 Å². The van der Waals surface area contributed by atoms with Crippen molar-refractivity contribution < 1.29 is 9.13 Å². The van der Waals surface area contributed by atoms with Crippen molar-refractivity contribution in [3.63, 3.8) is 0 Å². The minimum Gasteiger partial charge on any atom is -0.481 e. The molecular formula is C22H22Cl2FN3O. The van der Waals surface area contributed by atoms with Crippen LogP contribution in [0.4, 0.5) is 4.39 Å². The van der Waals surface area contributed by atoms with Crippen molar-refractivity contribution in [3.05, 3.63) is 62.9 Å². The summed E-state index contributed by atoms with van der Waals surface area (Å²) >= 11 is 12.8. The maximum Gasteiger partial charge on any atom is 0.166 e. The number of ether oxygens (including phenoxy) is 1. The topological polar surface area (TPSA) is 39.5 Å². The highest BCUT2D eigenvalue weighted by Crippen LogP contribution is 2.43. The predicted octanol–water partition coefficient (Wildman–Crippen LogP) is 4.69. The maximum absolute atomic E-state index is 14.6. The molecule has 1 heterocycles. The average molecular weight is 434 g/mol. The SMILES string of the molecule is CN1CCCN([C@H]2Cc3c(Cl)cc(Cl)cc3[C@@H]2Oc2ccc(C#N)cc2F)CC1. The number of hydrogen-bond acceptors (Lipinski definition) is 4. The van der Waals surface area contributed by atoms with Crippen molar-refractivity contribution in [3.8, 4) is 11.8 Å². The Morgan fingerprint density at radius 2 is 1.97 bits per heavy atom. The van der Waals surface area contributed by atoms with Crippen LogP contribution in [0.3, 0.4) is 0 Å². The second-order valence-corrected chi connectivity index (χ2v) is 8.56. The second-order valence-electron chi connectivity index (χ2n) is 7.72. The van der Waals surface area contributed by atoms with Gasteiger partial charge in [0.15, 0.2) is 11.6 Å². The van der Waals surface area contributed by atoms with E-state index in [1.165, 1.54) is 12.1 Å². The first kappa shape index (κ1) is 20.4. The minimum atomic E-state index is -0.542. The van der Waals surface area contributed by atoms with Crippen molar-refractivity contribution in [1.29, 1.82) is 5.26 Å². The fourth-order valence-corrected chi connectivity index (χ4v) is 4.87. The lowest BCUT2D eigenvalue weighted by Crippen LogP contribution is -2.42. The lowest BCUT2D eigenvalue weighted by Gasteiger charge is -2.32. The summed E-state index contributed by atoms with van der Waals surface area (Å²) < 4.78 is 20.8. The third kappa shape index (κ3) is 4.22. The molecule has 1 aliphatic carbocycles. The molecule has 152 valence electrons. The molecule has 4 rings (SSSR count). The van der Waals surface area contributed by atoms with Gasteiger partial charge in [-0.2, -0.15) is 5.26 Å². The average Bonchev–Trinajstić information content (AvgIpc) is 2.89. The van der Waals surface area contributed by atoms with Gasteiger partial charge in [0.2, 0.25) is 0 Å². The van der Waals surface area contributed by atoms with Crippen molar-refractivity contribution >= 4 is 23.2 Å². The normalized spacial score (nSPS) is 22.7. The van der Waals surface area contributed by atoms with Crippen LogP contribution in [0.2, 0.25) is 10.0 Å². The van der Waals surface area contributed by atoms with Gasteiger partial charge in [-0.25, -0.2) is 4.39 Å².